The van der Waals surface area contributed by atoms with E-state index in [-0.39, 0.29) is 12.6 Å². The van der Waals surface area contributed by atoms with Crippen LogP contribution in [0, 0.1) is 0 Å². The number of thiophene rings is 1. The van der Waals surface area contributed by atoms with Gasteiger partial charge in [-0.3, -0.25) is 14.6 Å². The van der Waals surface area contributed by atoms with Crippen LogP contribution in [0.5, 0.6) is 5.75 Å². The molecule has 3 aromatic rings. The maximum Gasteiger partial charge on any atom is 0.411 e. The summed E-state index contributed by atoms with van der Waals surface area (Å²) >= 11 is 1.81. The lowest BCUT2D eigenvalue weighted by atomic mass is 10.0. The standard InChI is InChI=1S/C31H40N4O4S/c1-3-33(4-2)31(37)39-23-35-28-22-25(12-10-24(28)11-13-30(35)36)38-20-6-5-15-32-16-18-34(19-17-32)27-8-7-9-29-26(27)14-21-40-29/h7-10,12,14,21-22H,3-6,11,13,15-20,23H2,1-2H3. The van der Waals surface area contributed by atoms with E-state index < -0.39 is 6.09 Å². The molecular weight excluding hydrogens is 524 g/mol. The van der Waals surface area contributed by atoms with Crippen LogP contribution in [0.15, 0.2) is 47.8 Å². The first-order valence-electron chi connectivity index (χ1n) is 14.5. The van der Waals surface area contributed by atoms with Crippen LogP contribution in [0.4, 0.5) is 16.2 Å². The van der Waals surface area contributed by atoms with Crippen molar-refractivity contribution in [2.75, 3.05) is 69.0 Å². The van der Waals surface area contributed by atoms with E-state index in [2.05, 4.69) is 39.4 Å². The second-order valence-corrected chi connectivity index (χ2v) is 11.3. The van der Waals surface area contributed by atoms with Gasteiger partial charge >= 0.3 is 6.09 Å². The molecule has 0 atom stereocenters. The summed E-state index contributed by atoms with van der Waals surface area (Å²) in [5.41, 5.74) is 3.21. The number of hydrogen-bond acceptors (Lipinski definition) is 7. The lowest BCUT2D eigenvalue weighted by Crippen LogP contribution is -2.46. The Kier molecular flexibility index (Phi) is 9.44. The molecule has 0 radical (unpaired) electrons. The van der Waals surface area contributed by atoms with Crippen LogP contribution in [-0.2, 0) is 16.0 Å². The second kappa shape index (κ2) is 13.4. The topological polar surface area (TPSA) is 65.6 Å². The number of fused-ring (bicyclic) bond motifs is 2. The van der Waals surface area contributed by atoms with Gasteiger partial charge in [0, 0.05) is 67.5 Å². The molecule has 0 saturated carbocycles. The van der Waals surface area contributed by atoms with E-state index in [1.54, 1.807) is 21.1 Å². The fourth-order valence-electron chi connectivity index (χ4n) is 5.54. The molecular formula is C31H40N4O4S. The third-order valence-corrected chi connectivity index (χ3v) is 8.80. The number of piperazine rings is 1. The third kappa shape index (κ3) is 6.53. The van der Waals surface area contributed by atoms with Crippen LogP contribution in [0.3, 0.4) is 0 Å². The molecule has 0 N–H and O–H groups in total. The predicted molar refractivity (Wildman–Crippen MR) is 162 cm³/mol. The maximum atomic E-state index is 12.7. The zero-order valence-corrected chi connectivity index (χ0v) is 24.5. The number of carbonyl (C=O) groups is 2. The van der Waals surface area contributed by atoms with Crippen molar-refractivity contribution in [3.8, 4) is 5.75 Å². The molecule has 0 unspecified atom stereocenters. The summed E-state index contributed by atoms with van der Waals surface area (Å²) in [6, 6.07) is 14.8. The molecule has 5 rings (SSSR count). The molecule has 1 aromatic heterocycles. The number of ether oxygens (including phenoxy) is 2. The lowest BCUT2D eigenvalue weighted by Gasteiger charge is -2.36. The van der Waals surface area contributed by atoms with E-state index in [0.29, 0.717) is 32.5 Å². The summed E-state index contributed by atoms with van der Waals surface area (Å²) in [7, 11) is 0. The summed E-state index contributed by atoms with van der Waals surface area (Å²) in [4.78, 5) is 33.2. The second-order valence-electron chi connectivity index (χ2n) is 10.3. The van der Waals surface area contributed by atoms with E-state index in [4.69, 9.17) is 9.47 Å². The van der Waals surface area contributed by atoms with Crippen molar-refractivity contribution in [2.45, 2.75) is 39.5 Å². The zero-order chi connectivity index (χ0) is 27.9. The SMILES string of the molecule is CCN(CC)C(=O)OCN1C(=O)CCc2ccc(OCCCCN3CCN(c4cccc5sccc45)CC3)cc21. The van der Waals surface area contributed by atoms with Gasteiger partial charge in [0.15, 0.2) is 6.73 Å². The molecule has 0 aliphatic carbocycles. The van der Waals surface area contributed by atoms with Gasteiger partial charge < -0.3 is 19.3 Å². The fourth-order valence-corrected chi connectivity index (χ4v) is 6.34. The lowest BCUT2D eigenvalue weighted by molar-refractivity contribution is -0.119. The smallest absolute Gasteiger partial charge is 0.411 e. The molecule has 0 spiro atoms. The van der Waals surface area contributed by atoms with Crippen LogP contribution in [0.2, 0.25) is 0 Å². The van der Waals surface area contributed by atoms with E-state index in [1.807, 2.05) is 32.0 Å². The third-order valence-electron chi connectivity index (χ3n) is 7.92. The van der Waals surface area contributed by atoms with Gasteiger partial charge in [-0.15, -0.1) is 11.3 Å². The molecule has 2 aliphatic rings. The highest BCUT2D eigenvalue weighted by Crippen LogP contribution is 2.32. The highest BCUT2D eigenvalue weighted by atomic mass is 32.1. The van der Waals surface area contributed by atoms with Gasteiger partial charge in [0.1, 0.15) is 5.75 Å². The highest BCUT2D eigenvalue weighted by Gasteiger charge is 2.26. The van der Waals surface area contributed by atoms with Gasteiger partial charge in [0.2, 0.25) is 5.91 Å². The van der Waals surface area contributed by atoms with E-state index in [0.717, 1.165) is 62.6 Å². The van der Waals surface area contributed by atoms with Gasteiger partial charge in [0.05, 0.1) is 12.3 Å². The molecule has 9 heteroatoms. The van der Waals surface area contributed by atoms with Crippen LogP contribution < -0.4 is 14.5 Å². The van der Waals surface area contributed by atoms with Crippen molar-refractivity contribution in [1.82, 2.24) is 9.80 Å². The quantitative estimate of drug-likeness (QED) is 0.283. The Morgan fingerprint density at radius 3 is 2.60 bits per heavy atom. The molecule has 2 aromatic carbocycles. The Hall–Kier alpha value is -3.30. The number of carbonyl (C=O) groups excluding carboxylic acids is 2. The first-order chi connectivity index (χ1) is 19.6. The molecule has 3 heterocycles. The molecule has 0 bridgehead atoms. The van der Waals surface area contributed by atoms with Crippen molar-refractivity contribution in [3.05, 3.63) is 53.4 Å². The van der Waals surface area contributed by atoms with Crippen molar-refractivity contribution in [3.63, 3.8) is 0 Å². The first-order valence-corrected chi connectivity index (χ1v) is 15.4. The molecule has 214 valence electrons. The van der Waals surface area contributed by atoms with E-state index in [9.17, 15) is 9.59 Å². The summed E-state index contributed by atoms with van der Waals surface area (Å²) < 4.78 is 12.9. The van der Waals surface area contributed by atoms with Crippen LogP contribution in [-0.4, -0.2) is 81.0 Å². The van der Waals surface area contributed by atoms with Crippen molar-refractivity contribution >= 4 is 44.8 Å². The van der Waals surface area contributed by atoms with Crippen LogP contribution in [0.25, 0.3) is 10.1 Å². The summed E-state index contributed by atoms with van der Waals surface area (Å²) in [6.07, 6.45) is 2.74. The number of benzene rings is 2. The molecule has 40 heavy (non-hydrogen) atoms. The maximum absolute atomic E-state index is 12.7. The minimum absolute atomic E-state index is 0.0379. The molecule has 1 saturated heterocycles. The Morgan fingerprint density at radius 1 is 0.975 bits per heavy atom. The largest absolute Gasteiger partial charge is 0.494 e. The minimum atomic E-state index is -0.404. The summed E-state index contributed by atoms with van der Waals surface area (Å²) in [5.74, 6) is 0.703. The highest BCUT2D eigenvalue weighted by molar-refractivity contribution is 7.17. The van der Waals surface area contributed by atoms with Gasteiger partial charge in [-0.2, -0.15) is 0 Å². The summed E-state index contributed by atoms with van der Waals surface area (Å²) in [5, 5.41) is 3.55. The van der Waals surface area contributed by atoms with Gasteiger partial charge in [-0.05, 0) is 74.9 Å². The van der Waals surface area contributed by atoms with Gasteiger partial charge in [0.25, 0.3) is 0 Å². The Morgan fingerprint density at radius 2 is 1.80 bits per heavy atom. The van der Waals surface area contributed by atoms with E-state index >= 15 is 0 Å². The molecule has 1 fully saturated rings. The number of nitrogens with zero attached hydrogens (tertiary/aromatic N) is 4. The van der Waals surface area contributed by atoms with Crippen molar-refractivity contribution < 1.29 is 19.1 Å². The number of anilines is 2. The Labute approximate surface area is 241 Å². The minimum Gasteiger partial charge on any atom is -0.494 e. The molecule has 2 amide bonds. The molecule has 8 nitrogen and oxygen atoms in total. The van der Waals surface area contributed by atoms with Crippen molar-refractivity contribution in [2.24, 2.45) is 0 Å². The average Bonchev–Trinajstić information content (AvgIpc) is 3.47. The number of rotatable bonds is 11. The fraction of sp³-hybridized carbons (Fsp3) is 0.484. The number of hydrogen-bond donors (Lipinski definition) is 0. The monoisotopic (exact) mass is 564 g/mol. The number of amides is 2. The first kappa shape index (κ1) is 28.2. The average molecular weight is 565 g/mol. The van der Waals surface area contributed by atoms with E-state index in [1.165, 1.54) is 15.8 Å². The Bertz CT molecular complexity index is 1300. The predicted octanol–water partition coefficient (Wildman–Crippen LogP) is 5.60. The summed E-state index contributed by atoms with van der Waals surface area (Å²) in [6.45, 7) is 10.8. The van der Waals surface area contributed by atoms with Crippen molar-refractivity contribution in [1.29, 1.82) is 0 Å². The number of aryl methyl sites for hydroxylation is 1. The van der Waals surface area contributed by atoms with Gasteiger partial charge in [-0.25, -0.2) is 4.79 Å². The van der Waals surface area contributed by atoms with Gasteiger partial charge in [-0.1, -0.05) is 12.1 Å². The molecule has 2 aliphatic heterocycles. The Balaban J connectivity index is 1.06. The number of unbranched alkanes of at least 4 members (excludes halogenated alkanes) is 1. The zero-order valence-electron chi connectivity index (χ0n) is 23.6. The van der Waals surface area contributed by atoms with Crippen LogP contribution in [0.1, 0.15) is 38.7 Å². The normalized spacial score (nSPS) is 15.8. The van der Waals surface area contributed by atoms with Crippen LogP contribution >= 0.6 is 11.3 Å².